The lowest BCUT2D eigenvalue weighted by molar-refractivity contribution is 0.0598. The quantitative estimate of drug-likeness (QED) is 0.645. The Morgan fingerprint density at radius 1 is 1.54 bits per heavy atom. The van der Waals surface area contributed by atoms with Gasteiger partial charge < -0.3 is 15.2 Å². The minimum atomic E-state index is -0.553. The minimum Gasteiger partial charge on any atom is -0.479 e. The van der Waals surface area contributed by atoms with Crippen molar-refractivity contribution in [2.75, 3.05) is 20.0 Å². The SMILES string of the molecule is COC(=O)c1c(OC)nn(C)c1N. The molecule has 0 radical (unpaired) electrons. The number of carbonyl (C=O) groups excluding carboxylic acids is 1. The largest absolute Gasteiger partial charge is 0.479 e. The smallest absolute Gasteiger partial charge is 0.347 e. The molecule has 13 heavy (non-hydrogen) atoms. The van der Waals surface area contributed by atoms with Crippen LogP contribution in [0.25, 0.3) is 0 Å². The van der Waals surface area contributed by atoms with E-state index in [0.717, 1.165) is 0 Å². The van der Waals surface area contributed by atoms with E-state index in [4.69, 9.17) is 10.5 Å². The van der Waals surface area contributed by atoms with Gasteiger partial charge in [-0.3, -0.25) is 0 Å². The molecule has 6 heteroatoms. The molecular formula is C7H11N3O3. The van der Waals surface area contributed by atoms with Gasteiger partial charge in [0, 0.05) is 7.05 Å². The maximum Gasteiger partial charge on any atom is 0.347 e. The highest BCUT2D eigenvalue weighted by Gasteiger charge is 2.22. The summed E-state index contributed by atoms with van der Waals surface area (Å²) in [5.41, 5.74) is 5.73. The first-order chi connectivity index (χ1) is 6.11. The van der Waals surface area contributed by atoms with Crippen molar-refractivity contribution in [3.8, 4) is 5.88 Å². The minimum absolute atomic E-state index is 0.160. The Bertz CT molecular complexity index is 332. The average Bonchev–Trinajstić information content (AvgIpc) is 2.42. The maximum atomic E-state index is 11.2. The van der Waals surface area contributed by atoms with Gasteiger partial charge in [0.15, 0.2) is 5.56 Å². The van der Waals surface area contributed by atoms with Crippen LogP contribution in [-0.2, 0) is 11.8 Å². The Morgan fingerprint density at radius 3 is 2.62 bits per heavy atom. The van der Waals surface area contributed by atoms with Crippen LogP contribution in [0.4, 0.5) is 5.82 Å². The molecule has 2 N–H and O–H groups in total. The fourth-order valence-electron chi connectivity index (χ4n) is 0.948. The number of methoxy groups -OCH3 is 2. The molecule has 0 spiro atoms. The molecule has 0 unspecified atom stereocenters. The fraction of sp³-hybridized carbons (Fsp3) is 0.429. The number of carbonyl (C=O) groups is 1. The molecule has 0 atom stereocenters. The number of anilines is 1. The topological polar surface area (TPSA) is 79.4 Å². The molecule has 0 saturated carbocycles. The van der Waals surface area contributed by atoms with E-state index in [1.165, 1.54) is 18.9 Å². The van der Waals surface area contributed by atoms with Gasteiger partial charge in [-0.25, -0.2) is 9.48 Å². The predicted molar refractivity (Wildman–Crippen MR) is 45.5 cm³/mol. The van der Waals surface area contributed by atoms with Gasteiger partial charge in [0.1, 0.15) is 5.82 Å². The van der Waals surface area contributed by atoms with Crippen LogP contribution in [0.3, 0.4) is 0 Å². The van der Waals surface area contributed by atoms with E-state index in [0.29, 0.717) is 0 Å². The van der Waals surface area contributed by atoms with E-state index in [-0.39, 0.29) is 17.3 Å². The van der Waals surface area contributed by atoms with Crippen LogP contribution in [0.2, 0.25) is 0 Å². The summed E-state index contributed by atoms with van der Waals surface area (Å²) in [6.45, 7) is 0. The van der Waals surface area contributed by atoms with E-state index >= 15 is 0 Å². The van der Waals surface area contributed by atoms with E-state index in [1.807, 2.05) is 0 Å². The van der Waals surface area contributed by atoms with Crippen molar-refractivity contribution >= 4 is 11.8 Å². The number of ether oxygens (including phenoxy) is 2. The standard InChI is InChI=1S/C7H11N3O3/c1-10-5(8)4(7(11)13-3)6(9-10)12-2/h8H2,1-3H3. The number of nitrogens with zero attached hydrogens (tertiary/aromatic N) is 2. The third-order valence-electron chi connectivity index (χ3n) is 1.64. The Morgan fingerprint density at radius 2 is 2.15 bits per heavy atom. The first-order valence-electron chi connectivity index (χ1n) is 3.56. The third-order valence-corrected chi connectivity index (χ3v) is 1.64. The summed E-state index contributed by atoms with van der Waals surface area (Å²) < 4.78 is 10.7. The highest BCUT2D eigenvalue weighted by atomic mass is 16.5. The van der Waals surface area contributed by atoms with Crippen LogP contribution >= 0.6 is 0 Å². The van der Waals surface area contributed by atoms with Gasteiger partial charge in [0.05, 0.1) is 14.2 Å². The van der Waals surface area contributed by atoms with Crippen LogP contribution in [0, 0.1) is 0 Å². The zero-order chi connectivity index (χ0) is 10.0. The Kier molecular flexibility index (Phi) is 2.41. The lowest BCUT2D eigenvalue weighted by atomic mass is 10.3. The summed E-state index contributed by atoms with van der Waals surface area (Å²) in [7, 11) is 4.30. The van der Waals surface area contributed by atoms with Crippen LogP contribution in [-0.4, -0.2) is 30.0 Å². The second-order valence-corrected chi connectivity index (χ2v) is 2.38. The molecule has 0 aliphatic rings. The molecule has 1 heterocycles. The van der Waals surface area contributed by atoms with Crippen molar-refractivity contribution in [2.45, 2.75) is 0 Å². The van der Waals surface area contributed by atoms with Crippen LogP contribution in [0.15, 0.2) is 0 Å². The number of esters is 1. The molecule has 0 saturated heterocycles. The molecule has 1 rings (SSSR count). The predicted octanol–water partition coefficient (Wildman–Crippen LogP) is -0.203. The summed E-state index contributed by atoms with van der Waals surface area (Å²) >= 11 is 0. The number of hydrogen-bond acceptors (Lipinski definition) is 5. The molecular weight excluding hydrogens is 174 g/mol. The maximum absolute atomic E-state index is 11.2. The van der Waals surface area contributed by atoms with Gasteiger partial charge in [0.25, 0.3) is 0 Å². The highest BCUT2D eigenvalue weighted by Crippen LogP contribution is 2.22. The Hall–Kier alpha value is -1.72. The second kappa shape index (κ2) is 3.34. The monoisotopic (exact) mass is 185 g/mol. The lowest BCUT2D eigenvalue weighted by Crippen LogP contribution is -2.06. The first kappa shape index (κ1) is 9.37. The molecule has 0 aromatic carbocycles. The van der Waals surface area contributed by atoms with E-state index in [2.05, 4.69) is 9.84 Å². The highest BCUT2D eigenvalue weighted by molar-refractivity contribution is 5.96. The number of hydrogen-bond donors (Lipinski definition) is 1. The zero-order valence-corrected chi connectivity index (χ0v) is 7.70. The van der Waals surface area contributed by atoms with Crippen molar-refractivity contribution in [3.05, 3.63) is 5.56 Å². The van der Waals surface area contributed by atoms with Crippen LogP contribution in [0.5, 0.6) is 5.88 Å². The summed E-state index contributed by atoms with van der Waals surface area (Å²) in [4.78, 5) is 11.2. The van der Waals surface area contributed by atoms with Crippen molar-refractivity contribution in [1.82, 2.24) is 9.78 Å². The van der Waals surface area contributed by atoms with Gasteiger partial charge in [0.2, 0.25) is 5.88 Å². The second-order valence-electron chi connectivity index (χ2n) is 2.38. The van der Waals surface area contributed by atoms with Gasteiger partial charge in [-0.2, -0.15) is 0 Å². The fourth-order valence-corrected chi connectivity index (χ4v) is 0.948. The molecule has 1 aromatic rings. The molecule has 72 valence electrons. The number of nitrogen functional groups attached to an aromatic ring is 1. The average molecular weight is 185 g/mol. The number of aromatic nitrogens is 2. The summed E-state index contributed by atoms with van der Waals surface area (Å²) in [5, 5.41) is 3.87. The van der Waals surface area contributed by atoms with E-state index in [1.54, 1.807) is 7.05 Å². The van der Waals surface area contributed by atoms with Crippen molar-refractivity contribution in [3.63, 3.8) is 0 Å². The van der Waals surface area contributed by atoms with Crippen molar-refractivity contribution < 1.29 is 14.3 Å². The Labute approximate surface area is 75.2 Å². The molecule has 1 aromatic heterocycles. The van der Waals surface area contributed by atoms with E-state index in [9.17, 15) is 4.79 Å². The molecule has 0 aliphatic heterocycles. The third kappa shape index (κ3) is 1.42. The first-order valence-corrected chi connectivity index (χ1v) is 3.56. The lowest BCUT2D eigenvalue weighted by Gasteiger charge is -1.99. The van der Waals surface area contributed by atoms with Gasteiger partial charge >= 0.3 is 5.97 Å². The van der Waals surface area contributed by atoms with Gasteiger partial charge in [-0.05, 0) is 0 Å². The number of rotatable bonds is 2. The zero-order valence-electron chi connectivity index (χ0n) is 7.70. The normalized spacial score (nSPS) is 9.77. The van der Waals surface area contributed by atoms with Crippen LogP contribution < -0.4 is 10.5 Å². The molecule has 0 fully saturated rings. The van der Waals surface area contributed by atoms with Gasteiger partial charge in [-0.15, -0.1) is 5.10 Å². The number of nitrogens with two attached hydrogens (primary N) is 1. The summed E-state index contributed by atoms with van der Waals surface area (Å²) in [5.74, 6) is -0.155. The van der Waals surface area contributed by atoms with Crippen LogP contribution in [0.1, 0.15) is 10.4 Å². The molecule has 0 bridgehead atoms. The number of aryl methyl sites for hydroxylation is 1. The van der Waals surface area contributed by atoms with Crippen molar-refractivity contribution in [1.29, 1.82) is 0 Å². The van der Waals surface area contributed by atoms with Crippen molar-refractivity contribution in [2.24, 2.45) is 7.05 Å². The summed E-state index contributed by atoms with van der Waals surface area (Å²) in [6, 6.07) is 0. The molecule has 6 nitrogen and oxygen atoms in total. The molecule has 0 amide bonds. The van der Waals surface area contributed by atoms with E-state index < -0.39 is 5.97 Å². The van der Waals surface area contributed by atoms with Gasteiger partial charge in [-0.1, -0.05) is 0 Å². The molecule has 0 aliphatic carbocycles. The summed E-state index contributed by atoms with van der Waals surface area (Å²) in [6.07, 6.45) is 0. The Balaban J connectivity index is 3.23.